The lowest BCUT2D eigenvalue weighted by molar-refractivity contribution is -0.167. The van der Waals surface area contributed by atoms with E-state index in [1.807, 2.05) is 0 Å². The topological polar surface area (TPSA) is 78.9 Å². The molecular weight excluding hydrogens is 937 g/mol. The number of unbranched alkanes of at least 4 members (excludes halogenated alkanes) is 31. The molecule has 0 saturated carbocycles. The van der Waals surface area contributed by atoms with E-state index in [1.54, 1.807) is 0 Å². The third-order valence-corrected chi connectivity index (χ3v) is 13.8. The molecule has 0 aliphatic carbocycles. The normalized spacial score (nSPS) is 12.7. The van der Waals surface area contributed by atoms with Crippen LogP contribution in [0.4, 0.5) is 0 Å². The molecule has 1 atom stereocenters. The van der Waals surface area contributed by atoms with Crippen molar-refractivity contribution < 1.29 is 28.6 Å². The smallest absolute Gasteiger partial charge is 0.306 e. The minimum Gasteiger partial charge on any atom is -0.462 e. The molecule has 0 aliphatic heterocycles. The highest BCUT2D eigenvalue weighted by atomic mass is 16.6. The minimum absolute atomic E-state index is 0.0813. The first-order chi connectivity index (χ1) is 37.5. The van der Waals surface area contributed by atoms with Gasteiger partial charge in [0.1, 0.15) is 13.2 Å². The van der Waals surface area contributed by atoms with E-state index in [4.69, 9.17) is 14.2 Å². The first kappa shape index (κ1) is 72.3. The summed E-state index contributed by atoms with van der Waals surface area (Å²) in [6.07, 6.45) is 85.5. The van der Waals surface area contributed by atoms with Gasteiger partial charge in [-0.15, -0.1) is 0 Å². The summed E-state index contributed by atoms with van der Waals surface area (Å²) < 4.78 is 16.9. The molecule has 0 aromatic heterocycles. The van der Waals surface area contributed by atoms with E-state index in [-0.39, 0.29) is 31.1 Å². The molecule has 0 radical (unpaired) electrons. The SMILES string of the molecule is CC/C=C\C/C=C\C/C=C\C/C=C\C/C=C\C/C=C\CCCCCCCCCCCCC(=O)OCC(COC(=O)CCCCCCCCCCCCCCCC)OC(=O)CCCCCCC/C=C\C/C=C\CCCCC. The summed E-state index contributed by atoms with van der Waals surface area (Å²) in [5.41, 5.74) is 0. The van der Waals surface area contributed by atoms with Crippen LogP contribution in [-0.2, 0) is 28.6 Å². The Labute approximate surface area is 470 Å². The number of rotatable bonds is 58. The average molecular weight is 1060 g/mol. The largest absolute Gasteiger partial charge is 0.462 e. The molecular formula is C70H120O6. The Morgan fingerprint density at radius 1 is 0.276 bits per heavy atom. The molecule has 0 aliphatic rings. The summed E-state index contributed by atoms with van der Waals surface area (Å²) in [5.74, 6) is -0.889. The quantitative estimate of drug-likeness (QED) is 0.0261. The number of carbonyl (C=O) groups excluding carboxylic acids is 3. The van der Waals surface area contributed by atoms with Crippen molar-refractivity contribution in [3.8, 4) is 0 Å². The summed E-state index contributed by atoms with van der Waals surface area (Å²) in [7, 11) is 0. The van der Waals surface area contributed by atoms with E-state index in [2.05, 4.69) is 118 Å². The lowest BCUT2D eigenvalue weighted by Gasteiger charge is -2.18. The van der Waals surface area contributed by atoms with E-state index < -0.39 is 6.10 Å². The number of allylic oxidation sites excluding steroid dienone is 16. The number of ether oxygens (including phenoxy) is 3. The predicted octanol–water partition coefficient (Wildman–Crippen LogP) is 22.0. The van der Waals surface area contributed by atoms with Crippen LogP contribution in [-0.4, -0.2) is 37.2 Å². The van der Waals surface area contributed by atoms with Gasteiger partial charge in [-0.1, -0.05) is 285 Å². The van der Waals surface area contributed by atoms with Gasteiger partial charge in [-0.3, -0.25) is 14.4 Å². The van der Waals surface area contributed by atoms with Gasteiger partial charge in [-0.05, 0) is 103 Å². The minimum atomic E-state index is -0.786. The Bertz CT molecular complexity index is 1490. The van der Waals surface area contributed by atoms with Crippen molar-refractivity contribution in [2.75, 3.05) is 13.2 Å². The van der Waals surface area contributed by atoms with Gasteiger partial charge in [0.25, 0.3) is 0 Å². The Kier molecular flexibility index (Phi) is 60.8. The Morgan fingerprint density at radius 2 is 0.513 bits per heavy atom. The zero-order valence-corrected chi connectivity index (χ0v) is 50.0. The number of esters is 3. The van der Waals surface area contributed by atoms with Crippen LogP contribution < -0.4 is 0 Å². The van der Waals surface area contributed by atoms with Crippen LogP contribution in [0.3, 0.4) is 0 Å². The average Bonchev–Trinajstić information content (AvgIpc) is 3.42. The lowest BCUT2D eigenvalue weighted by atomic mass is 10.0. The molecule has 0 saturated heterocycles. The molecule has 0 bridgehead atoms. The second-order valence-corrected chi connectivity index (χ2v) is 21.3. The highest BCUT2D eigenvalue weighted by Gasteiger charge is 2.19. The van der Waals surface area contributed by atoms with Gasteiger partial charge in [0.15, 0.2) is 6.10 Å². The molecule has 6 nitrogen and oxygen atoms in total. The van der Waals surface area contributed by atoms with E-state index in [0.29, 0.717) is 19.3 Å². The van der Waals surface area contributed by atoms with Crippen LogP contribution in [0, 0.1) is 0 Å². The summed E-state index contributed by atoms with van der Waals surface area (Å²) >= 11 is 0. The van der Waals surface area contributed by atoms with Gasteiger partial charge in [0.2, 0.25) is 0 Å². The molecule has 76 heavy (non-hydrogen) atoms. The molecule has 436 valence electrons. The van der Waals surface area contributed by atoms with Gasteiger partial charge in [0.05, 0.1) is 0 Å². The maximum absolute atomic E-state index is 12.9. The molecule has 0 amide bonds. The van der Waals surface area contributed by atoms with Crippen molar-refractivity contribution in [2.24, 2.45) is 0 Å². The van der Waals surface area contributed by atoms with Gasteiger partial charge < -0.3 is 14.2 Å². The number of hydrogen-bond donors (Lipinski definition) is 0. The number of carbonyl (C=O) groups is 3. The third-order valence-electron chi connectivity index (χ3n) is 13.8. The van der Waals surface area contributed by atoms with Crippen LogP contribution in [0.1, 0.15) is 310 Å². The van der Waals surface area contributed by atoms with Crippen molar-refractivity contribution in [3.63, 3.8) is 0 Å². The lowest BCUT2D eigenvalue weighted by Crippen LogP contribution is -2.30. The van der Waals surface area contributed by atoms with E-state index in [1.165, 1.54) is 148 Å². The Hall–Kier alpha value is -3.67. The summed E-state index contributed by atoms with van der Waals surface area (Å²) in [5, 5.41) is 0. The van der Waals surface area contributed by atoms with Gasteiger partial charge in [0, 0.05) is 19.3 Å². The van der Waals surface area contributed by atoms with Gasteiger partial charge in [-0.25, -0.2) is 0 Å². The summed E-state index contributed by atoms with van der Waals surface area (Å²) in [4.78, 5) is 38.3. The highest BCUT2D eigenvalue weighted by Crippen LogP contribution is 2.16. The zero-order chi connectivity index (χ0) is 55.0. The van der Waals surface area contributed by atoms with Crippen molar-refractivity contribution in [1.29, 1.82) is 0 Å². The van der Waals surface area contributed by atoms with Crippen LogP contribution in [0.5, 0.6) is 0 Å². The maximum Gasteiger partial charge on any atom is 0.306 e. The second kappa shape index (κ2) is 63.9. The molecule has 0 rings (SSSR count). The van der Waals surface area contributed by atoms with Crippen molar-refractivity contribution in [2.45, 2.75) is 316 Å². The molecule has 0 N–H and O–H groups in total. The molecule has 6 heteroatoms. The predicted molar refractivity (Wildman–Crippen MR) is 330 cm³/mol. The molecule has 0 heterocycles. The first-order valence-electron chi connectivity index (χ1n) is 32.2. The summed E-state index contributed by atoms with van der Waals surface area (Å²) in [6, 6.07) is 0. The van der Waals surface area contributed by atoms with E-state index in [0.717, 1.165) is 122 Å². The highest BCUT2D eigenvalue weighted by molar-refractivity contribution is 5.71. The molecule has 0 aromatic carbocycles. The van der Waals surface area contributed by atoms with Gasteiger partial charge >= 0.3 is 17.9 Å². The van der Waals surface area contributed by atoms with E-state index in [9.17, 15) is 14.4 Å². The molecule has 1 unspecified atom stereocenters. The fourth-order valence-electron chi connectivity index (χ4n) is 9.01. The van der Waals surface area contributed by atoms with Crippen LogP contribution in [0.2, 0.25) is 0 Å². The van der Waals surface area contributed by atoms with Crippen LogP contribution >= 0.6 is 0 Å². The Balaban J connectivity index is 4.28. The maximum atomic E-state index is 12.9. The fraction of sp³-hybridized carbons (Fsp3) is 0.729. The number of hydrogen-bond acceptors (Lipinski definition) is 6. The fourth-order valence-corrected chi connectivity index (χ4v) is 9.01. The summed E-state index contributed by atoms with van der Waals surface area (Å²) in [6.45, 7) is 6.51. The van der Waals surface area contributed by atoms with Gasteiger partial charge in [-0.2, -0.15) is 0 Å². The third kappa shape index (κ3) is 61.2. The first-order valence-corrected chi connectivity index (χ1v) is 32.2. The second-order valence-electron chi connectivity index (χ2n) is 21.3. The zero-order valence-electron chi connectivity index (χ0n) is 50.0. The molecule has 0 aromatic rings. The van der Waals surface area contributed by atoms with Crippen molar-refractivity contribution in [3.05, 3.63) is 97.2 Å². The molecule has 0 fully saturated rings. The van der Waals surface area contributed by atoms with Crippen molar-refractivity contribution >= 4 is 17.9 Å². The monoisotopic (exact) mass is 1060 g/mol. The van der Waals surface area contributed by atoms with Crippen LogP contribution in [0.25, 0.3) is 0 Å². The molecule has 0 spiro atoms. The standard InChI is InChI=1S/C70H120O6/c1-4-7-10-13-16-19-22-25-28-29-30-31-32-33-34-35-36-37-38-39-40-41-43-45-48-51-54-57-60-63-69(72)75-66-67(65-74-68(71)62-59-56-53-50-47-44-27-24-21-18-15-12-9-6-3)76-70(73)64-61-58-55-52-49-46-42-26-23-20-17-14-11-8-5-2/h7,10,16-17,19-20,25-26,28,30-31,33-34,36-37,42,67H,4-6,8-9,11-15,18,21-24,27,29,32,35,38-41,43-66H2,1-3H3/b10-7-,19-16-,20-17-,28-25-,31-30-,34-33-,37-36-,42-26-. The van der Waals surface area contributed by atoms with Crippen LogP contribution in [0.15, 0.2) is 97.2 Å². The van der Waals surface area contributed by atoms with E-state index >= 15 is 0 Å². The Morgan fingerprint density at radius 3 is 0.829 bits per heavy atom. The van der Waals surface area contributed by atoms with Crippen molar-refractivity contribution in [1.82, 2.24) is 0 Å².